The highest BCUT2D eigenvalue weighted by Gasteiger charge is 2.12. The lowest BCUT2D eigenvalue weighted by atomic mass is 10.0. The molecule has 0 spiro atoms. The molecule has 18 heavy (non-hydrogen) atoms. The van der Waals surface area contributed by atoms with Gasteiger partial charge in [-0.05, 0) is 23.6 Å². The van der Waals surface area contributed by atoms with Crippen LogP contribution in [0.3, 0.4) is 0 Å². The van der Waals surface area contributed by atoms with Gasteiger partial charge in [-0.2, -0.15) is 0 Å². The largest absolute Gasteiger partial charge is 0.476 e. The average Bonchev–Trinajstić information content (AvgIpc) is 2.35. The summed E-state index contributed by atoms with van der Waals surface area (Å²) in [6, 6.07) is 7.27. The standard InChI is InChI=1S/C12H17N3O3/c1-7(2)8-4-3-5-9(6-8)18-11(15-14)10(13)12(16)17/h3-7,15H,13-14H2,1-2H3,(H,16,17)/b11-10+. The molecule has 0 saturated heterocycles. The summed E-state index contributed by atoms with van der Waals surface area (Å²) in [6.07, 6.45) is 0. The van der Waals surface area contributed by atoms with Crippen molar-refractivity contribution in [3.8, 4) is 5.75 Å². The van der Waals surface area contributed by atoms with Crippen LogP contribution in [0.25, 0.3) is 0 Å². The first-order chi connectivity index (χ1) is 8.45. The van der Waals surface area contributed by atoms with Gasteiger partial charge in [-0.3, -0.25) is 5.43 Å². The second-order valence-electron chi connectivity index (χ2n) is 4.02. The quantitative estimate of drug-likeness (QED) is 0.267. The topological polar surface area (TPSA) is 111 Å². The third kappa shape index (κ3) is 3.39. The highest BCUT2D eigenvalue weighted by molar-refractivity contribution is 5.85. The zero-order valence-corrected chi connectivity index (χ0v) is 10.3. The number of nitrogens with one attached hydrogen (secondary N) is 1. The fourth-order valence-corrected chi connectivity index (χ4v) is 1.31. The number of ether oxygens (including phenoxy) is 1. The van der Waals surface area contributed by atoms with Crippen LogP contribution >= 0.6 is 0 Å². The molecule has 0 amide bonds. The number of carbonyl (C=O) groups is 1. The first-order valence-corrected chi connectivity index (χ1v) is 5.43. The van der Waals surface area contributed by atoms with Gasteiger partial charge in [-0.1, -0.05) is 26.0 Å². The Morgan fingerprint density at radius 1 is 1.44 bits per heavy atom. The van der Waals surface area contributed by atoms with Crippen molar-refractivity contribution in [3.63, 3.8) is 0 Å². The summed E-state index contributed by atoms with van der Waals surface area (Å²) in [6.45, 7) is 4.09. The number of aliphatic carboxylic acids is 1. The van der Waals surface area contributed by atoms with Gasteiger partial charge in [0, 0.05) is 0 Å². The number of hydrogen-bond acceptors (Lipinski definition) is 5. The molecule has 0 aliphatic rings. The zero-order chi connectivity index (χ0) is 13.7. The zero-order valence-electron chi connectivity index (χ0n) is 10.3. The Morgan fingerprint density at radius 3 is 2.61 bits per heavy atom. The Kier molecular flexibility index (Phi) is 4.56. The number of hydrogen-bond donors (Lipinski definition) is 4. The van der Waals surface area contributed by atoms with E-state index in [9.17, 15) is 4.79 Å². The molecule has 1 rings (SSSR count). The predicted octanol–water partition coefficient (Wildman–Crippen LogP) is 0.865. The van der Waals surface area contributed by atoms with Gasteiger partial charge in [0.1, 0.15) is 5.75 Å². The molecule has 0 unspecified atom stereocenters. The van der Waals surface area contributed by atoms with E-state index in [0.29, 0.717) is 11.7 Å². The SMILES string of the molecule is CC(C)c1cccc(O/C(NN)=C(/N)C(=O)O)c1. The number of hydrazine groups is 1. The van der Waals surface area contributed by atoms with Crippen molar-refractivity contribution in [2.75, 3.05) is 0 Å². The smallest absolute Gasteiger partial charge is 0.357 e. The molecular formula is C12H17N3O3. The summed E-state index contributed by atoms with van der Waals surface area (Å²) in [5, 5.41) is 8.75. The number of carboxylic acid groups (broad SMARTS) is 1. The van der Waals surface area contributed by atoms with Crippen LogP contribution in [-0.2, 0) is 4.79 Å². The van der Waals surface area contributed by atoms with Crippen LogP contribution in [0.1, 0.15) is 25.3 Å². The van der Waals surface area contributed by atoms with Gasteiger partial charge in [0.25, 0.3) is 0 Å². The Hall–Kier alpha value is -2.21. The van der Waals surface area contributed by atoms with Crippen LogP contribution in [0, 0.1) is 0 Å². The maximum Gasteiger partial charge on any atom is 0.357 e. The molecule has 0 atom stereocenters. The van der Waals surface area contributed by atoms with Crippen LogP contribution in [0.2, 0.25) is 0 Å². The number of benzene rings is 1. The van der Waals surface area contributed by atoms with Gasteiger partial charge in [-0.15, -0.1) is 0 Å². The number of rotatable bonds is 5. The Bertz CT molecular complexity index is 469. The molecule has 0 heterocycles. The predicted molar refractivity (Wildman–Crippen MR) is 67.3 cm³/mol. The molecule has 6 N–H and O–H groups in total. The lowest BCUT2D eigenvalue weighted by Crippen LogP contribution is -2.31. The van der Waals surface area contributed by atoms with Crippen LogP contribution in [0.4, 0.5) is 0 Å². The van der Waals surface area contributed by atoms with Crippen molar-refractivity contribution in [1.29, 1.82) is 0 Å². The molecule has 0 aliphatic carbocycles. The first-order valence-electron chi connectivity index (χ1n) is 5.43. The van der Waals surface area contributed by atoms with Gasteiger partial charge >= 0.3 is 5.97 Å². The number of carboxylic acids is 1. The van der Waals surface area contributed by atoms with E-state index in [4.69, 9.17) is 21.4 Å². The Labute approximate surface area is 105 Å². The van der Waals surface area contributed by atoms with Crippen LogP contribution in [-0.4, -0.2) is 11.1 Å². The van der Waals surface area contributed by atoms with E-state index in [2.05, 4.69) is 5.43 Å². The molecule has 6 nitrogen and oxygen atoms in total. The third-order valence-corrected chi connectivity index (χ3v) is 2.35. The highest BCUT2D eigenvalue weighted by atomic mass is 16.5. The summed E-state index contributed by atoms with van der Waals surface area (Å²) in [5.74, 6) is 4.49. The lowest BCUT2D eigenvalue weighted by Gasteiger charge is -2.12. The third-order valence-electron chi connectivity index (χ3n) is 2.35. The second kappa shape index (κ2) is 5.92. The van der Waals surface area contributed by atoms with Crippen molar-refractivity contribution in [2.45, 2.75) is 19.8 Å². The lowest BCUT2D eigenvalue weighted by molar-refractivity contribution is -0.132. The van der Waals surface area contributed by atoms with Crippen molar-refractivity contribution in [1.82, 2.24) is 5.43 Å². The van der Waals surface area contributed by atoms with E-state index < -0.39 is 11.7 Å². The molecule has 1 aromatic rings. The van der Waals surface area contributed by atoms with E-state index in [1.165, 1.54) is 0 Å². The minimum Gasteiger partial charge on any atom is -0.476 e. The van der Waals surface area contributed by atoms with Gasteiger partial charge in [0.2, 0.25) is 5.88 Å². The fourth-order valence-electron chi connectivity index (χ4n) is 1.31. The molecule has 6 heteroatoms. The summed E-state index contributed by atoms with van der Waals surface area (Å²) < 4.78 is 5.32. The summed E-state index contributed by atoms with van der Waals surface area (Å²) in [5.41, 5.74) is 8.05. The van der Waals surface area contributed by atoms with Crippen molar-refractivity contribution in [3.05, 3.63) is 41.4 Å². The first kappa shape index (κ1) is 13.9. The van der Waals surface area contributed by atoms with Gasteiger partial charge in [-0.25, -0.2) is 10.6 Å². The molecule has 0 aliphatic heterocycles. The van der Waals surface area contributed by atoms with Crippen LogP contribution in [0.15, 0.2) is 35.8 Å². The molecular weight excluding hydrogens is 234 g/mol. The normalized spacial score (nSPS) is 12.0. The second-order valence-corrected chi connectivity index (χ2v) is 4.02. The fraction of sp³-hybridized carbons (Fsp3) is 0.250. The molecule has 0 saturated carbocycles. The van der Waals surface area contributed by atoms with Crippen molar-refractivity contribution < 1.29 is 14.6 Å². The Morgan fingerprint density at radius 2 is 2.11 bits per heavy atom. The highest BCUT2D eigenvalue weighted by Crippen LogP contribution is 2.21. The van der Waals surface area contributed by atoms with E-state index in [-0.39, 0.29) is 5.88 Å². The van der Waals surface area contributed by atoms with Crippen molar-refractivity contribution in [2.24, 2.45) is 11.6 Å². The summed E-state index contributed by atoms with van der Waals surface area (Å²) in [7, 11) is 0. The van der Waals surface area contributed by atoms with E-state index in [0.717, 1.165) is 5.56 Å². The molecule has 0 fully saturated rings. The van der Waals surface area contributed by atoms with Gasteiger partial charge in [0.15, 0.2) is 5.70 Å². The molecule has 0 radical (unpaired) electrons. The van der Waals surface area contributed by atoms with E-state index in [1.54, 1.807) is 12.1 Å². The summed E-state index contributed by atoms with van der Waals surface area (Å²) >= 11 is 0. The Balaban J connectivity index is 2.99. The van der Waals surface area contributed by atoms with Gasteiger partial charge in [0.05, 0.1) is 0 Å². The monoisotopic (exact) mass is 251 g/mol. The van der Waals surface area contributed by atoms with Gasteiger partial charge < -0.3 is 15.6 Å². The maximum atomic E-state index is 10.7. The molecule has 0 aromatic heterocycles. The molecule has 98 valence electrons. The van der Waals surface area contributed by atoms with Crippen molar-refractivity contribution >= 4 is 5.97 Å². The molecule has 0 bridgehead atoms. The summed E-state index contributed by atoms with van der Waals surface area (Å²) in [4.78, 5) is 10.7. The minimum atomic E-state index is -1.30. The molecule has 1 aromatic carbocycles. The van der Waals surface area contributed by atoms with Crippen LogP contribution in [0.5, 0.6) is 5.75 Å². The maximum absolute atomic E-state index is 10.7. The number of nitrogens with two attached hydrogens (primary N) is 2. The average molecular weight is 251 g/mol. The van der Waals surface area contributed by atoms with Crippen LogP contribution < -0.4 is 21.7 Å². The van der Waals surface area contributed by atoms with E-state index in [1.807, 2.05) is 26.0 Å². The minimum absolute atomic E-state index is 0.191. The van der Waals surface area contributed by atoms with E-state index >= 15 is 0 Å².